The second-order valence-corrected chi connectivity index (χ2v) is 5.39. The van der Waals surface area contributed by atoms with Crippen molar-refractivity contribution in [3.63, 3.8) is 0 Å². The van der Waals surface area contributed by atoms with Crippen molar-refractivity contribution >= 4 is 11.6 Å². The number of anilines is 1. The van der Waals surface area contributed by atoms with Gasteiger partial charge >= 0.3 is 0 Å². The number of amides is 1. The van der Waals surface area contributed by atoms with E-state index >= 15 is 0 Å². The minimum atomic E-state index is -0.284. The van der Waals surface area contributed by atoms with Gasteiger partial charge in [-0.1, -0.05) is 17.7 Å². The number of nitrogens with zero attached hydrogens (tertiary/aromatic N) is 1. The van der Waals surface area contributed by atoms with E-state index in [4.69, 9.17) is 4.74 Å². The lowest BCUT2D eigenvalue weighted by Crippen LogP contribution is -2.27. The maximum atomic E-state index is 12.1. The van der Waals surface area contributed by atoms with Crippen molar-refractivity contribution in [3.8, 4) is 0 Å². The fourth-order valence-corrected chi connectivity index (χ4v) is 2.31. The summed E-state index contributed by atoms with van der Waals surface area (Å²) < 4.78 is 5.41. The third-order valence-electron chi connectivity index (χ3n) is 3.23. The Hall–Kier alpha value is -1.39. The molecule has 19 heavy (non-hydrogen) atoms. The molecule has 104 valence electrons. The molecule has 1 atom stereocenters. The molecule has 1 aromatic rings. The van der Waals surface area contributed by atoms with Crippen LogP contribution in [0.1, 0.15) is 24.0 Å². The number of carbonyl (C=O) groups is 1. The standard InChI is InChI=1S/C15H22N2O2/c1-11-6-7-13(12(9-11)10-17(2)3)16-15(18)14-5-4-8-19-14/h6-7,9,14H,4-5,8,10H2,1-3H3,(H,16,18)/t14-/m0/s1. The van der Waals surface area contributed by atoms with Gasteiger partial charge in [-0.05, 0) is 45.5 Å². The Morgan fingerprint density at radius 3 is 2.89 bits per heavy atom. The Labute approximate surface area is 114 Å². The van der Waals surface area contributed by atoms with Crippen LogP contribution in [0.4, 0.5) is 5.69 Å². The Morgan fingerprint density at radius 1 is 1.47 bits per heavy atom. The molecule has 0 saturated carbocycles. The van der Waals surface area contributed by atoms with Crippen LogP contribution in [-0.4, -0.2) is 37.6 Å². The van der Waals surface area contributed by atoms with Crippen LogP contribution < -0.4 is 5.32 Å². The summed E-state index contributed by atoms with van der Waals surface area (Å²) in [6.45, 7) is 3.56. The Morgan fingerprint density at radius 2 is 2.26 bits per heavy atom. The summed E-state index contributed by atoms with van der Waals surface area (Å²) in [6.07, 6.45) is 1.51. The third-order valence-corrected chi connectivity index (χ3v) is 3.23. The average Bonchev–Trinajstić information content (AvgIpc) is 2.85. The zero-order valence-electron chi connectivity index (χ0n) is 11.9. The summed E-state index contributed by atoms with van der Waals surface area (Å²) in [4.78, 5) is 14.2. The van der Waals surface area contributed by atoms with Crippen LogP contribution in [0.5, 0.6) is 0 Å². The minimum absolute atomic E-state index is 0.0265. The molecule has 0 aliphatic carbocycles. The van der Waals surface area contributed by atoms with Gasteiger partial charge in [0, 0.05) is 18.8 Å². The van der Waals surface area contributed by atoms with E-state index < -0.39 is 0 Å². The van der Waals surface area contributed by atoms with Gasteiger partial charge in [-0.25, -0.2) is 0 Å². The van der Waals surface area contributed by atoms with Gasteiger partial charge < -0.3 is 15.0 Å². The fourth-order valence-electron chi connectivity index (χ4n) is 2.31. The van der Waals surface area contributed by atoms with Gasteiger partial charge in [0.15, 0.2) is 0 Å². The lowest BCUT2D eigenvalue weighted by Gasteiger charge is -2.17. The van der Waals surface area contributed by atoms with Crippen LogP contribution in [-0.2, 0) is 16.1 Å². The third kappa shape index (κ3) is 3.78. The summed E-state index contributed by atoms with van der Waals surface area (Å²) in [5, 5.41) is 2.99. The van der Waals surface area contributed by atoms with E-state index in [0.29, 0.717) is 6.61 Å². The summed E-state index contributed by atoms with van der Waals surface area (Å²) in [6, 6.07) is 6.11. The molecule has 0 spiro atoms. The number of hydrogen-bond acceptors (Lipinski definition) is 3. The molecule has 1 aromatic carbocycles. The van der Waals surface area contributed by atoms with Crippen molar-refractivity contribution in [3.05, 3.63) is 29.3 Å². The van der Waals surface area contributed by atoms with E-state index in [2.05, 4.69) is 23.2 Å². The van der Waals surface area contributed by atoms with E-state index in [1.165, 1.54) is 5.56 Å². The largest absolute Gasteiger partial charge is 0.368 e. The Balaban J connectivity index is 2.11. The zero-order chi connectivity index (χ0) is 13.8. The van der Waals surface area contributed by atoms with Crippen molar-refractivity contribution in [2.45, 2.75) is 32.4 Å². The topological polar surface area (TPSA) is 41.6 Å². The van der Waals surface area contributed by atoms with Gasteiger partial charge in [-0.2, -0.15) is 0 Å². The molecule has 1 aliphatic heterocycles. The molecule has 0 bridgehead atoms. The van der Waals surface area contributed by atoms with E-state index in [0.717, 1.165) is 30.6 Å². The second-order valence-electron chi connectivity index (χ2n) is 5.39. The SMILES string of the molecule is Cc1ccc(NC(=O)[C@@H]2CCCO2)c(CN(C)C)c1. The number of hydrogen-bond donors (Lipinski definition) is 1. The van der Waals surface area contributed by atoms with Crippen LogP contribution >= 0.6 is 0 Å². The highest BCUT2D eigenvalue weighted by atomic mass is 16.5. The van der Waals surface area contributed by atoms with Gasteiger partial charge in [-0.3, -0.25) is 4.79 Å². The molecular weight excluding hydrogens is 240 g/mol. The van der Waals surface area contributed by atoms with Gasteiger partial charge in [0.2, 0.25) is 0 Å². The first kappa shape index (κ1) is 14.0. The smallest absolute Gasteiger partial charge is 0.253 e. The minimum Gasteiger partial charge on any atom is -0.368 e. The molecule has 1 amide bonds. The molecule has 0 unspecified atom stereocenters. The number of rotatable bonds is 4. The number of nitrogens with one attached hydrogen (secondary N) is 1. The van der Waals surface area contributed by atoms with Gasteiger partial charge in [0.05, 0.1) is 0 Å². The van der Waals surface area contributed by atoms with Crippen molar-refractivity contribution in [1.82, 2.24) is 4.90 Å². The fraction of sp³-hybridized carbons (Fsp3) is 0.533. The lowest BCUT2D eigenvalue weighted by molar-refractivity contribution is -0.124. The highest BCUT2D eigenvalue weighted by Gasteiger charge is 2.24. The van der Waals surface area contributed by atoms with Crippen molar-refractivity contribution in [2.24, 2.45) is 0 Å². The molecule has 4 nitrogen and oxygen atoms in total. The zero-order valence-corrected chi connectivity index (χ0v) is 11.9. The molecule has 0 aromatic heterocycles. The van der Waals surface area contributed by atoms with E-state index in [9.17, 15) is 4.79 Å². The first-order valence-electron chi connectivity index (χ1n) is 6.73. The Bertz CT molecular complexity index is 451. The normalized spacial score (nSPS) is 18.8. The quantitative estimate of drug-likeness (QED) is 0.904. The maximum Gasteiger partial charge on any atom is 0.253 e. The van der Waals surface area contributed by atoms with E-state index in [1.54, 1.807) is 0 Å². The molecule has 2 rings (SSSR count). The van der Waals surface area contributed by atoms with E-state index in [-0.39, 0.29) is 12.0 Å². The summed E-state index contributed by atoms with van der Waals surface area (Å²) in [7, 11) is 4.04. The van der Waals surface area contributed by atoms with Crippen molar-refractivity contribution in [1.29, 1.82) is 0 Å². The molecule has 4 heteroatoms. The van der Waals surface area contributed by atoms with Crippen LogP contribution in [0.3, 0.4) is 0 Å². The highest BCUT2D eigenvalue weighted by molar-refractivity contribution is 5.95. The van der Waals surface area contributed by atoms with E-state index in [1.807, 2.05) is 26.2 Å². The summed E-state index contributed by atoms with van der Waals surface area (Å²) in [5.41, 5.74) is 3.23. The Kier molecular flexibility index (Phi) is 4.56. The predicted molar refractivity (Wildman–Crippen MR) is 76.2 cm³/mol. The summed E-state index contributed by atoms with van der Waals surface area (Å²) in [5.74, 6) is -0.0265. The predicted octanol–water partition coefficient (Wildman–Crippen LogP) is 2.17. The second kappa shape index (κ2) is 6.17. The number of benzene rings is 1. The van der Waals surface area contributed by atoms with Crippen LogP contribution in [0, 0.1) is 6.92 Å². The highest BCUT2D eigenvalue weighted by Crippen LogP contribution is 2.21. The summed E-state index contributed by atoms with van der Waals surface area (Å²) >= 11 is 0. The lowest BCUT2D eigenvalue weighted by atomic mass is 10.1. The molecule has 0 radical (unpaired) electrons. The van der Waals surface area contributed by atoms with Crippen molar-refractivity contribution in [2.75, 3.05) is 26.0 Å². The number of ether oxygens (including phenoxy) is 1. The molecule has 1 heterocycles. The average molecular weight is 262 g/mol. The number of aryl methyl sites for hydroxylation is 1. The van der Waals surface area contributed by atoms with Gasteiger partial charge in [0.1, 0.15) is 6.10 Å². The monoisotopic (exact) mass is 262 g/mol. The molecule has 1 N–H and O–H groups in total. The number of carbonyl (C=O) groups excluding carboxylic acids is 1. The van der Waals surface area contributed by atoms with Crippen LogP contribution in [0.25, 0.3) is 0 Å². The van der Waals surface area contributed by atoms with Crippen LogP contribution in [0.15, 0.2) is 18.2 Å². The molecule has 1 fully saturated rings. The molecular formula is C15H22N2O2. The first-order chi connectivity index (χ1) is 9.06. The molecule has 1 aliphatic rings. The van der Waals surface area contributed by atoms with Gasteiger partial charge in [-0.15, -0.1) is 0 Å². The maximum absolute atomic E-state index is 12.1. The first-order valence-corrected chi connectivity index (χ1v) is 6.73. The molecule has 1 saturated heterocycles. The van der Waals surface area contributed by atoms with Crippen LogP contribution in [0.2, 0.25) is 0 Å². The van der Waals surface area contributed by atoms with Gasteiger partial charge in [0.25, 0.3) is 5.91 Å². The van der Waals surface area contributed by atoms with Crippen molar-refractivity contribution < 1.29 is 9.53 Å².